The molecular weight excluding hydrogens is 422 g/mol. The highest BCUT2D eigenvalue weighted by Gasteiger charge is 2.15. The summed E-state index contributed by atoms with van der Waals surface area (Å²) in [7, 11) is 1.49. The van der Waals surface area contributed by atoms with Crippen LogP contribution in [0.3, 0.4) is 0 Å². The highest BCUT2D eigenvalue weighted by molar-refractivity contribution is 7.80. The minimum Gasteiger partial charge on any atom is -0.493 e. The molecule has 0 radical (unpaired) electrons. The van der Waals surface area contributed by atoms with E-state index in [9.17, 15) is 4.79 Å². The summed E-state index contributed by atoms with van der Waals surface area (Å²) in [5, 5.41) is 7.79. The molecule has 0 aliphatic carbocycles. The number of anilines is 1. The topological polar surface area (TPSA) is 71.9 Å². The van der Waals surface area contributed by atoms with Gasteiger partial charge in [0.25, 0.3) is 0 Å². The Balaban J connectivity index is 1.63. The van der Waals surface area contributed by atoms with E-state index in [1.165, 1.54) is 7.11 Å². The SMILES string of the molecule is COc1cc(C=NNC(=S)Nc2ccccc2)ccc1OC(=O)c1ccccc1Cl. The molecule has 0 atom stereocenters. The second-order valence-corrected chi connectivity index (χ2v) is 6.79. The van der Waals surface area contributed by atoms with Gasteiger partial charge in [-0.1, -0.05) is 41.9 Å². The molecule has 3 rings (SSSR count). The fraction of sp³-hybridized carbons (Fsp3) is 0.0455. The molecule has 0 aliphatic rings. The van der Waals surface area contributed by atoms with Gasteiger partial charge in [0.2, 0.25) is 0 Å². The minimum atomic E-state index is -0.570. The largest absolute Gasteiger partial charge is 0.493 e. The van der Waals surface area contributed by atoms with Gasteiger partial charge in [-0.2, -0.15) is 5.10 Å². The first-order valence-corrected chi connectivity index (χ1v) is 9.65. The van der Waals surface area contributed by atoms with Gasteiger partial charge in [0.05, 0.1) is 23.9 Å². The van der Waals surface area contributed by atoms with Crippen molar-refractivity contribution in [2.45, 2.75) is 0 Å². The predicted octanol–water partition coefficient (Wildman–Crippen LogP) is 4.89. The number of para-hydroxylation sites is 1. The smallest absolute Gasteiger partial charge is 0.345 e. The average Bonchev–Trinajstić information content (AvgIpc) is 2.75. The third-order valence-electron chi connectivity index (χ3n) is 3.90. The van der Waals surface area contributed by atoms with Crippen LogP contribution in [-0.2, 0) is 0 Å². The summed E-state index contributed by atoms with van der Waals surface area (Å²) in [6.07, 6.45) is 1.57. The monoisotopic (exact) mass is 439 g/mol. The molecule has 0 saturated heterocycles. The Morgan fingerprint density at radius 2 is 1.77 bits per heavy atom. The Morgan fingerprint density at radius 1 is 1.03 bits per heavy atom. The van der Waals surface area contributed by atoms with E-state index in [-0.39, 0.29) is 11.3 Å². The first-order valence-electron chi connectivity index (χ1n) is 8.86. The first kappa shape index (κ1) is 21.3. The molecule has 8 heteroatoms. The second kappa shape index (κ2) is 10.4. The molecule has 0 fully saturated rings. The number of benzene rings is 3. The van der Waals surface area contributed by atoms with Gasteiger partial charge in [0.15, 0.2) is 16.6 Å². The number of hydrogen-bond acceptors (Lipinski definition) is 5. The fourth-order valence-electron chi connectivity index (χ4n) is 2.48. The summed E-state index contributed by atoms with van der Waals surface area (Å²) in [6, 6.07) is 21.2. The third kappa shape index (κ3) is 5.79. The van der Waals surface area contributed by atoms with Crippen molar-refractivity contribution >= 4 is 46.8 Å². The Kier molecular flexibility index (Phi) is 7.37. The third-order valence-corrected chi connectivity index (χ3v) is 4.42. The maximum Gasteiger partial charge on any atom is 0.345 e. The lowest BCUT2D eigenvalue weighted by molar-refractivity contribution is 0.0730. The highest BCUT2D eigenvalue weighted by atomic mass is 35.5. The molecule has 0 bridgehead atoms. The van der Waals surface area contributed by atoms with Crippen LogP contribution >= 0.6 is 23.8 Å². The van der Waals surface area contributed by atoms with Crippen LogP contribution in [0.2, 0.25) is 5.02 Å². The van der Waals surface area contributed by atoms with E-state index in [0.29, 0.717) is 15.9 Å². The summed E-state index contributed by atoms with van der Waals surface area (Å²) in [5.41, 5.74) is 4.59. The minimum absolute atomic E-state index is 0.272. The summed E-state index contributed by atoms with van der Waals surface area (Å²) in [4.78, 5) is 12.4. The quantitative estimate of drug-likeness (QED) is 0.187. The molecule has 3 aromatic carbocycles. The van der Waals surface area contributed by atoms with Gasteiger partial charge in [-0.05, 0) is 60.2 Å². The Labute approximate surface area is 184 Å². The number of carbonyl (C=O) groups is 1. The Morgan fingerprint density at radius 3 is 2.50 bits per heavy atom. The maximum atomic E-state index is 12.4. The van der Waals surface area contributed by atoms with Gasteiger partial charge in [-0.3, -0.25) is 5.43 Å². The number of halogens is 1. The van der Waals surface area contributed by atoms with Crippen molar-refractivity contribution in [1.82, 2.24) is 5.43 Å². The fourth-order valence-corrected chi connectivity index (χ4v) is 2.86. The molecule has 0 unspecified atom stereocenters. The van der Waals surface area contributed by atoms with Gasteiger partial charge >= 0.3 is 5.97 Å². The number of thiocarbonyl (C=S) groups is 1. The van der Waals surface area contributed by atoms with E-state index in [1.807, 2.05) is 30.3 Å². The lowest BCUT2D eigenvalue weighted by Crippen LogP contribution is -2.23. The Bertz CT molecular complexity index is 1070. The number of esters is 1. The van der Waals surface area contributed by atoms with Crippen LogP contribution in [0.1, 0.15) is 15.9 Å². The molecule has 3 aromatic rings. The van der Waals surface area contributed by atoms with Crippen molar-refractivity contribution in [2.24, 2.45) is 5.10 Å². The van der Waals surface area contributed by atoms with E-state index in [0.717, 1.165) is 11.3 Å². The lowest BCUT2D eigenvalue weighted by Gasteiger charge is -2.10. The second-order valence-electron chi connectivity index (χ2n) is 5.97. The zero-order valence-electron chi connectivity index (χ0n) is 16.0. The van der Waals surface area contributed by atoms with Crippen LogP contribution in [0.25, 0.3) is 0 Å². The number of rotatable bonds is 6. The maximum absolute atomic E-state index is 12.4. The van der Waals surface area contributed by atoms with Gasteiger partial charge in [0, 0.05) is 5.69 Å². The number of hydrazone groups is 1. The van der Waals surface area contributed by atoms with Crippen molar-refractivity contribution in [2.75, 3.05) is 12.4 Å². The molecule has 0 amide bonds. The van der Waals surface area contributed by atoms with Gasteiger partial charge in [0.1, 0.15) is 0 Å². The van der Waals surface area contributed by atoms with Crippen molar-refractivity contribution in [1.29, 1.82) is 0 Å². The van der Waals surface area contributed by atoms with Gasteiger partial charge in [-0.25, -0.2) is 4.79 Å². The van der Waals surface area contributed by atoms with Gasteiger partial charge < -0.3 is 14.8 Å². The average molecular weight is 440 g/mol. The van der Waals surface area contributed by atoms with Crippen LogP contribution in [-0.4, -0.2) is 24.4 Å². The number of nitrogens with one attached hydrogen (secondary N) is 2. The summed E-state index contributed by atoms with van der Waals surface area (Å²) in [5.74, 6) is 0.0810. The number of ether oxygens (including phenoxy) is 2. The number of hydrogen-bond donors (Lipinski definition) is 2. The van der Waals surface area contributed by atoms with E-state index in [2.05, 4.69) is 15.8 Å². The van der Waals surface area contributed by atoms with Crippen LogP contribution < -0.4 is 20.2 Å². The molecule has 152 valence electrons. The molecule has 0 aliphatic heterocycles. The zero-order chi connectivity index (χ0) is 21.3. The molecule has 6 nitrogen and oxygen atoms in total. The standard InChI is InChI=1S/C22H18ClN3O3S/c1-28-20-13-15(14-24-26-22(30)25-16-7-3-2-4-8-16)11-12-19(20)29-21(27)17-9-5-6-10-18(17)23/h2-14H,1H3,(H2,25,26,30). The number of carbonyl (C=O) groups excluding carboxylic acids is 1. The molecule has 0 aromatic heterocycles. The number of nitrogens with zero attached hydrogens (tertiary/aromatic N) is 1. The van der Waals surface area contributed by atoms with E-state index >= 15 is 0 Å². The summed E-state index contributed by atoms with van der Waals surface area (Å²) >= 11 is 11.2. The van der Waals surface area contributed by atoms with Crippen LogP contribution in [0.5, 0.6) is 11.5 Å². The van der Waals surface area contributed by atoms with E-state index in [1.54, 1.807) is 48.7 Å². The lowest BCUT2D eigenvalue weighted by atomic mass is 10.2. The molecule has 0 spiro atoms. The van der Waals surface area contributed by atoms with Crippen LogP contribution in [0, 0.1) is 0 Å². The van der Waals surface area contributed by atoms with Crippen molar-refractivity contribution in [3.8, 4) is 11.5 Å². The molecule has 0 heterocycles. The van der Waals surface area contributed by atoms with Crippen molar-refractivity contribution < 1.29 is 14.3 Å². The molecule has 2 N–H and O–H groups in total. The highest BCUT2D eigenvalue weighted by Crippen LogP contribution is 2.29. The molecule has 30 heavy (non-hydrogen) atoms. The first-order chi connectivity index (χ1) is 14.6. The predicted molar refractivity (Wildman–Crippen MR) is 123 cm³/mol. The summed E-state index contributed by atoms with van der Waals surface area (Å²) < 4.78 is 10.8. The van der Waals surface area contributed by atoms with E-state index < -0.39 is 5.97 Å². The number of methoxy groups -OCH3 is 1. The van der Waals surface area contributed by atoms with Gasteiger partial charge in [-0.15, -0.1) is 0 Å². The van der Waals surface area contributed by atoms with E-state index in [4.69, 9.17) is 33.3 Å². The normalized spacial score (nSPS) is 10.5. The van der Waals surface area contributed by atoms with Crippen molar-refractivity contribution in [3.05, 3.63) is 88.9 Å². The Hall–Kier alpha value is -3.42. The summed E-state index contributed by atoms with van der Waals surface area (Å²) in [6.45, 7) is 0. The molecule has 0 saturated carbocycles. The zero-order valence-corrected chi connectivity index (χ0v) is 17.5. The van der Waals surface area contributed by atoms with Crippen LogP contribution in [0.4, 0.5) is 5.69 Å². The van der Waals surface area contributed by atoms with Crippen molar-refractivity contribution in [3.63, 3.8) is 0 Å². The van der Waals surface area contributed by atoms with Crippen LogP contribution in [0.15, 0.2) is 77.9 Å². The molecular formula is C22H18ClN3O3S.